The molecule has 1 atom stereocenters. The molecule has 0 aliphatic carbocycles. The van der Waals surface area contributed by atoms with Crippen LogP contribution in [-0.2, 0) is 24.3 Å². The molecule has 1 N–H and O–H groups in total. The summed E-state index contributed by atoms with van der Waals surface area (Å²) in [6, 6.07) is 4.41. The van der Waals surface area contributed by atoms with Gasteiger partial charge in [0.25, 0.3) is 5.56 Å². The van der Waals surface area contributed by atoms with Crippen molar-refractivity contribution in [1.29, 1.82) is 0 Å². The second-order valence-corrected chi connectivity index (χ2v) is 8.43. The molecular formula is C20H26N4O2S. The number of thiophene rings is 1. The van der Waals surface area contributed by atoms with Gasteiger partial charge in [-0.05, 0) is 37.3 Å². The van der Waals surface area contributed by atoms with Gasteiger partial charge in [-0.3, -0.25) is 14.5 Å². The van der Waals surface area contributed by atoms with Gasteiger partial charge in [0.2, 0.25) is 5.91 Å². The van der Waals surface area contributed by atoms with Crippen molar-refractivity contribution >= 4 is 17.2 Å². The fourth-order valence-electron chi connectivity index (χ4n) is 4.11. The van der Waals surface area contributed by atoms with E-state index in [9.17, 15) is 9.59 Å². The van der Waals surface area contributed by atoms with Gasteiger partial charge in [0, 0.05) is 30.8 Å². The fraction of sp³-hybridized carbons (Fsp3) is 0.550. The van der Waals surface area contributed by atoms with E-state index in [0.29, 0.717) is 31.5 Å². The maximum atomic E-state index is 12.7. The van der Waals surface area contributed by atoms with Crippen molar-refractivity contribution in [2.45, 2.75) is 58.2 Å². The molecular weight excluding hydrogens is 360 g/mol. The molecule has 0 spiro atoms. The van der Waals surface area contributed by atoms with Crippen LogP contribution in [0.4, 0.5) is 0 Å². The van der Waals surface area contributed by atoms with E-state index in [1.54, 1.807) is 16.2 Å². The number of carbonyl (C=O) groups excluding carboxylic acids is 1. The number of H-pyrrole nitrogens is 1. The minimum atomic E-state index is -0.0769. The average molecular weight is 387 g/mol. The fourth-order valence-corrected chi connectivity index (χ4v) is 4.84. The maximum Gasteiger partial charge on any atom is 0.256 e. The lowest BCUT2D eigenvalue weighted by Gasteiger charge is -2.29. The summed E-state index contributed by atoms with van der Waals surface area (Å²) < 4.78 is 0. The smallest absolute Gasteiger partial charge is 0.256 e. The summed E-state index contributed by atoms with van der Waals surface area (Å²) in [6.45, 7) is 4.98. The summed E-state index contributed by atoms with van der Waals surface area (Å²) in [5, 5.41) is 2.10. The number of fused-ring (bicyclic) bond motifs is 1. The van der Waals surface area contributed by atoms with Crippen LogP contribution >= 0.6 is 11.3 Å². The second kappa shape index (κ2) is 7.94. The molecule has 0 aromatic carbocycles. The molecule has 1 amide bonds. The number of hydrogen-bond donors (Lipinski definition) is 1. The third-order valence-corrected chi connectivity index (χ3v) is 6.38. The SMILES string of the molecule is CCCC(=O)N1CCc2nc([C@H]3CCCN3Cc3cccs3)[nH]c(=O)c2C1. The molecule has 1 saturated heterocycles. The number of amides is 1. The van der Waals surface area contributed by atoms with Crippen LogP contribution in [0.25, 0.3) is 0 Å². The molecule has 2 aromatic heterocycles. The van der Waals surface area contributed by atoms with Gasteiger partial charge in [-0.2, -0.15) is 0 Å². The van der Waals surface area contributed by atoms with Crippen LogP contribution in [-0.4, -0.2) is 38.8 Å². The summed E-state index contributed by atoms with van der Waals surface area (Å²) in [7, 11) is 0. The van der Waals surface area contributed by atoms with E-state index in [4.69, 9.17) is 4.98 Å². The van der Waals surface area contributed by atoms with E-state index >= 15 is 0 Å². The minimum absolute atomic E-state index is 0.0769. The third kappa shape index (κ3) is 3.84. The van der Waals surface area contributed by atoms with Gasteiger partial charge in [0.1, 0.15) is 5.82 Å². The molecule has 2 aliphatic heterocycles. The summed E-state index contributed by atoms with van der Waals surface area (Å²) >= 11 is 1.77. The molecule has 2 aliphatic rings. The summed E-state index contributed by atoms with van der Waals surface area (Å²) in [6.07, 6.45) is 4.18. The largest absolute Gasteiger partial charge is 0.338 e. The molecule has 7 heteroatoms. The number of carbonyl (C=O) groups is 1. The Kier molecular flexibility index (Phi) is 5.41. The highest BCUT2D eigenvalue weighted by atomic mass is 32.1. The van der Waals surface area contributed by atoms with Crippen LogP contribution in [0.2, 0.25) is 0 Å². The van der Waals surface area contributed by atoms with Gasteiger partial charge < -0.3 is 9.88 Å². The molecule has 1 fully saturated rings. The van der Waals surface area contributed by atoms with Crippen LogP contribution in [0.1, 0.15) is 60.6 Å². The zero-order valence-electron chi connectivity index (χ0n) is 15.7. The van der Waals surface area contributed by atoms with Crippen LogP contribution in [0, 0.1) is 0 Å². The Morgan fingerprint density at radius 2 is 2.30 bits per heavy atom. The quantitative estimate of drug-likeness (QED) is 0.858. The number of likely N-dealkylation sites (tertiary alicyclic amines) is 1. The van der Waals surface area contributed by atoms with Gasteiger partial charge in [-0.15, -0.1) is 11.3 Å². The summed E-state index contributed by atoms with van der Waals surface area (Å²) in [4.78, 5) is 38.3. The Morgan fingerprint density at radius 3 is 3.07 bits per heavy atom. The molecule has 6 nitrogen and oxygen atoms in total. The standard InChI is InChI=1S/C20H26N4O2S/c1-2-5-18(25)24-10-8-16-15(13-24)20(26)22-19(21-16)17-7-3-9-23(17)12-14-6-4-11-27-14/h4,6,11,17H,2-3,5,7-10,12-13H2,1H3,(H,21,22,26)/t17-/m1/s1. The van der Waals surface area contributed by atoms with Crippen LogP contribution in [0.3, 0.4) is 0 Å². The van der Waals surface area contributed by atoms with Crippen molar-refractivity contribution in [1.82, 2.24) is 19.8 Å². The van der Waals surface area contributed by atoms with E-state index in [-0.39, 0.29) is 17.5 Å². The Bertz CT molecular complexity index is 861. The Morgan fingerprint density at radius 1 is 1.41 bits per heavy atom. The van der Waals surface area contributed by atoms with E-state index in [1.807, 2.05) is 6.92 Å². The average Bonchev–Trinajstić information content (AvgIpc) is 3.34. The predicted octanol–water partition coefficient (Wildman–Crippen LogP) is 2.85. The molecule has 0 radical (unpaired) electrons. The molecule has 0 saturated carbocycles. The van der Waals surface area contributed by atoms with Gasteiger partial charge >= 0.3 is 0 Å². The predicted molar refractivity (Wildman–Crippen MR) is 106 cm³/mol. The first-order valence-electron chi connectivity index (χ1n) is 9.82. The number of aromatic nitrogens is 2. The topological polar surface area (TPSA) is 69.3 Å². The Balaban J connectivity index is 1.55. The lowest BCUT2D eigenvalue weighted by molar-refractivity contribution is -0.132. The van der Waals surface area contributed by atoms with Crippen LogP contribution in [0.5, 0.6) is 0 Å². The molecule has 0 bridgehead atoms. The van der Waals surface area contributed by atoms with Gasteiger partial charge in [0.05, 0.1) is 23.8 Å². The van der Waals surface area contributed by atoms with E-state index in [0.717, 1.165) is 43.9 Å². The van der Waals surface area contributed by atoms with Gasteiger partial charge in [0.15, 0.2) is 0 Å². The molecule has 4 heterocycles. The first kappa shape index (κ1) is 18.4. The van der Waals surface area contributed by atoms with Crippen molar-refractivity contribution in [2.75, 3.05) is 13.1 Å². The van der Waals surface area contributed by atoms with Crippen molar-refractivity contribution in [3.05, 3.63) is 49.8 Å². The monoisotopic (exact) mass is 386 g/mol. The number of nitrogens with one attached hydrogen (secondary N) is 1. The van der Waals surface area contributed by atoms with Gasteiger partial charge in [-0.25, -0.2) is 4.98 Å². The van der Waals surface area contributed by atoms with Crippen molar-refractivity contribution in [3.8, 4) is 0 Å². The van der Waals surface area contributed by atoms with Crippen LogP contribution < -0.4 is 5.56 Å². The number of aromatic amines is 1. The van der Waals surface area contributed by atoms with E-state index in [2.05, 4.69) is 27.4 Å². The minimum Gasteiger partial charge on any atom is -0.338 e. The number of rotatable bonds is 5. The number of nitrogens with zero attached hydrogens (tertiary/aromatic N) is 3. The second-order valence-electron chi connectivity index (χ2n) is 7.40. The lowest BCUT2D eigenvalue weighted by Crippen LogP contribution is -2.40. The molecule has 0 unspecified atom stereocenters. The van der Waals surface area contributed by atoms with E-state index in [1.165, 1.54) is 4.88 Å². The van der Waals surface area contributed by atoms with Gasteiger partial charge in [-0.1, -0.05) is 13.0 Å². The normalized spacial score (nSPS) is 20.0. The Labute approximate surface area is 163 Å². The highest BCUT2D eigenvalue weighted by Gasteiger charge is 2.30. The zero-order valence-corrected chi connectivity index (χ0v) is 16.6. The molecule has 4 rings (SSSR count). The number of hydrogen-bond acceptors (Lipinski definition) is 5. The van der Waals surface area contributed by atoms with Crippen molar-refractivity contribution in [3.63, 3.8) is 0 Å². The van der Waals surface area contributed by atoms with Crippen molar-refractivity contribution in [2.24, 2.45) is 0 Å². The Hall–Kier alpha value is -1.99. The van der Waals surface area contributed by atoms with Crippen molar-refractivity contribution < 1.29 is 4.79 Å². The highest BCUT2D eigenvalue weighted by Crippen LogP contribution is 2.32. The molecule has 27 heavy (non-hydrogen) atoms. The summed E-state index contributed by atoms with van der Waals surface area (Å²) in [5.74, 6) is 0.922. The third-order valence-electron chi connectivity index (χ3n) is 5.52. The van der Waals surface area contributed by atoms with E-state index < -0.39 is 0 Å². The molecule has 144 valence electrons. The highest BCUT2D eigenvalue weighted by molar-refractivity contribution is 7.09. The first-order chi connectivity index (χ1) is 13.2. The zero-order chi connectivity index (χ0) is 18.8. The summed E-state index contributed by atoms with van der Waals surface area (Å²) in [5.41, 5.74) is 1.46. The first-order valence-corrected chi connectivity index (χ1v) is 10.7. The molecule has 2 aromatic rings. The lowest BCUT2D eigenvalue weighted by atomic mass is 10.1. The van der Waals surface area contributed by atoms with Crippen LogP contribution in [0.15, 0.2) is 22.3 Å². The maximum absolute atomic E-state index is 12.7.